The number of carbonyl (C=O) groups is 2. The van der Waals surface area contributed by atoms with Crippen molar-refractivity contribution < 1.29 is 14.7 Å². The summed E-state index contributed by atoms with van der Waals surface area (Å²) in [7, 11) is 1.54. The molecule has 3 N–H and O–H groups in total. The number of aryl methyl sites for hydroxylation is 1. The van der Waals surface area contributed by atoms with Crippen molar-refractivity contribution in [1.29, 1.82) is 0 Å². The first kappa shape index (κ1) is 13.7. The molecule has 104 valence electrons. The third-order valence-corrected chi connectivity index (χ3v) is 2.52. The minimum atomic E-state index is -1.25. The van der Waals surface area contributed by atoms with Crippen molar-refractivity contribution in [2.45, 2.75) is 0 Å². The van der Waals surface area contributed by atoms with Crippen LogP contribution in [0.25, 0.3) is 0 Å². The molecule has 0 radical (unpaired) electrons. The van der Waals surface area contributed by atoms with Crippen LogP contribution in [0.5, 0.6) is 0 Å². The summed E-state index contributed by atoms with van der Waals surface area (Å²) in [6.45, 7) is 0. The molecular formula is C10H9ClN6O3. The van der Waals surface area contributed by atoms with E-state index in [2.05, 4.69) is 26.0 Å². The van der Waals surface area contributed by atoms with Gasteiger partial charge >= 0.3 is 12.0 Å². The van der Waals surface area contributed by atoms with E-state index in [1.54, 1.807) is 0 Å². The lowest BCUT2D eigenvalue weighted by Crippen LogP contribution is -2.22. The number of nitrogens with one attached hydrogen (secondary N) is 2. The largest absolute Gasteiger partial charge is 0.478 e. The molecule has 0 aliphatic carbocycles. The van der Waals surface area contributed by atoms with Crippen LogP contribution in [0, 0.1) is 0 Å². The number of tetrazole rings is 1. The Labute approximate surface area is 117 Å². The van der Waals surface area contributed by atoms with E-state index in [1.165, 1.54) is 25.2 Å². The lowest BCUT2D eigenvalue weighted by molar-refractivity contribution is 0.0698. The molecule has 0 saturated carbocycles. The summed E-state index contributed by atoms with van der Waals surface area (Å²) in [4.78, 5) is 24.0. The Hall–Kier alpha value is -2.68. The number of hydrogen-bond donors (Lipinski definition) is 3. The van der Waals surface area contributed by atoms with Crippen LogP contribution >= 0.6 is 11.6 Å². The van der Waals surface area contributed by atoms with Gasteiger partial charge in [-0.2, -0.15) is 4.80 Å². The number of benzene rings is 1. The highest BCUT2D eigenvalue weighted by Crippen LogP contribution is 2.24. The van der Waals surface area contributed by atoms with E-state index < -0.39 is 12.0 Å². The molecule has 0 aliphatic rings. The highest BCUT2D eigenvalue weighted by atomic mass is 35.5. The summed E-state index contributed by atoms with van der Waals surface area (Å²) in [5, 5.41) is 24.6. The van der Waals surface area contributed by atoms with Crippen molar-refractivity contribution in [2.75, 3.05) is 10.6 Å². The van der Waals surface area contributed by atoms with Gasteiger partial charge in [0, 0.05) is 0 Å². The molecule has 2 aromatic rings. The monoisotopic (exact) mass is 296 g/mol. The van der Waals surface area contributed by atoms with Gasteiger partial charge in [-0.15, -0.1) is 5.10 Å². The van der Waals surface area contributed by atoms with Crippen LogP contribution in [0.2, 0.25) is 5.02 Å². The second-order valence-corrected chi connectivity index (χ2v) is 4.06. The van der Waals surface area contributed by atoms with Crippen molar-refractivity contribution in [3.05, 3.63) is 28.8 Å². The van der Waals surface area contributed by atoms with E-state index in [-0.39, 0.29) is 22.2 Å². The Bertz CT molecular complexity index is 671. The third kappa shape index (κ3) is 3.01. The minimum absolute atomic E-state index is 0.0103. The summed E-state index contributed by atoms with van der Waals surface area (Å²) in [5.41, 5.74) is -0.136. The molecule has 10 heteroatoms. The fourth-order valence-electron chi connectivity index (χ4n) is 1.43. The maximum atomic E-state index is 11.7. The van der Waals surface area contributed by atoms with Crippen molar-refractivity contribution in [3.8, 4) is 0 Å². The first-order valence-corrected chi connectivity index (χ1v) is 5.69. The second-order valence-electron chi connectivity index (χ2n) is 3.65. The fourth-order valence-corrected chi connectivity index (χ4v) is 1.69. The molecule has 20 heavy (non-hydrogen) atoms. The second kappa shape index (κ2) is 5.53. The normalized spacial score (nSPS) is 10.1. The van der Waals surface area contributed by atoms with Crippen molar-refractivity contribution in [2.24, 2.45) is 7.05 Å². The third-order valence-electron chi connectivity index (χ3n) is 2.21. The zero-order chi connectivity index (χ0) is 14.7. The summed E-state index contributed by atoms with van der Waals surface area (Å²) < 4.78 is 0. The summed E-state index contributed by atoms with van der Waals surface area (Å²) in [5.74, 6) is -1.26. The van der Waals surface area contributed by atoms with Gasteiger partial charge in [0.25, 0.3) is 5.95 Å². The number of aromatic carboxylic acids is 1. The van der Waals surface area contributed by atoms with E-state index in [0.717, 1.165) is 4.80 Å². The standard InChI is InChI=1S/C10H9ClN6O3/c1-17-15-9(14-16-17)13-10(20)12-6-4-2-3-5(11)7(6)8(18)19/h2-4H,1H3,(H,18,19)(H2,12,13,15,20). The van der Waals surface area contributed by atoms with Gasteiger partial charge < -0.3 is 10.4 Å². The van der Waals surface area contributed by atoms with Crippen LogP contribution in [0.4, 0.5) is 16.4 Å². The topological polar surface area (TPSA) is 122 Å². The average Bonchev–Trinajstić information content (AvgIpc) is 2.74. The number of nitrogens with zero attached hydrogens (tertiary/aromatic N) is 4. The van der Waals surface area contributed by atoms with E-state index in [0.29, 0.717) is 0 Å². The number of urea groups is 1. The van der Waals surface area contributed by atoms with Crippen LogP contribution in [0.15, 0.2) is 18.2 Å². The zero-order valence-electron chi connectivity index (χ0n) is 10.2. The molecule has 1 aromatic carbocycles. The summed E-state index contributed by atoms with van der Waals surface area (Å²) in [6, 6.07) is 3.64. The van der Waals surface area contributed by atoms with Crippen LogP contribution in [-0.4, -0.2) is 37.3 Å². The fraction of sp³-hybridized carbons (Fsp3) is 0.100. The SMILES string of the molecule is Cn1nnc(NC(=O)Nc2cccc(Cl)c2C(=O)O)n1. The number of aromatic nitrogens is 4. The van der Waals surface area contributed by atoms with E-state index in [4.69, 9.17) is 16.7 Å². The van der Waals surface area contributed by atoms with Crippen LogP contribution in [0.3, 0.4) is 0 Å². The molecule has 1 aromatic heterocycles. The lowest BCUT2D eigenvalue weighted by Gasteiger charge is -2.09. The number of amides is 2. The van der Waals surface area contributed by atoms with Gasteiger partial charge in [-0.05, 0) is 17.3 Å². The molecule has 0 bridgehead atoms. The number of rotatable bonds is 3. The smallest absolute Gasteiger partial charge is 0.339 e. The van der Waals surface area contributed by atoms with E-state index >= 15 is 0 Å². The zero-order valence-corrected chi connectivity index (χ0v) is 10.9. The first-order valence-electron chi connectivity index (χ1n) is 5.31. The number of carboxylic acids is 1. The van der Waals surface area contributed by atoms with Crippen LogP contribution < -0.4 is 10.6 Å². The van der Waals surface area contributed by atoms with E-state index in [9.17, 15) is 9.59 Å². The molecule has 2 rings (SSSR count). The predicted molar refractivity (Wildman–Crippen MR) is 69.9 cm³/mol. The summed E-state index contributed by atoms with van der Waals surface area (Å²) in [6.07, 6.45) is 0. The van der Waals surface area contributed by atoms with Gasteiger partial charge in [-0.25, -0.2) is 9.59 Å². The molecule has 9 nitrogen and oxygen atoms in total. The maximum absolute atomic E-state index is 11.7. The molecule has 0 unspecified atom stereocenters. The lowest BCUT2D eigenvalue weighted by atomic mass is 10.2. The summed E-state index contributed by atoms with van der Waals surface area (Å²) >= 11 is 5.78. The maximum Gasteiger partial charge on any atom is 0.339 e. The predicted octanol–water partition coefficient (Wildman–Crippen LogP) is 1.21. The Morgan fingerprint density at radius 1 is 1.35 bits per heavy atom. The molecule has 0 saturated heterocycles. The molecule has 2 amide bonds. The number of anilines is 2. The first-order chi connectivity index (χ1) is 9.47. The minimum Gasteiger partial charge on any atom is -0.478 e. The highest BCUT2D eigenvalue weighted by Gasteiger charge is 2.16. The Balaban J connectivity index is 2.16. The van der Waals surface area contributed by atoms with Crippen LogP contribution in [-0.2, 0) is 7.05 Å². The van der Waals surface area contributed by atoms with Gasteiger partial charge in [0.2, 0.25) is 0 Å². The van der Waals surface area contributed by atoms with Crippen LogP contribution in [0.1, 0.15) is 10.4 Å². The Morgan fingerprint density at radius 3 is 2.70 bits per heavy atom. The Kier molecular flexibility index (Phi) is 3.80. The average molecular weight is 297 g/mol. The Morgan fingerprint density at radius 2 is 2.10 bits per heavy atom. The van der Waals surface area contributed by atoms with Gasteiger partial charge in [0.15, 0.2) is 0 Å². The van der Waals surface area contributed by atoms with E-state index in [1.807, 2.05) is 0 Å². The molecule has 0 spiro atoms. The van der Waals surface area contributed by atoms with Gasteiger partial charge in [-0.1, -0.05) is 22.8 Å². The molecular weight excluding hydrogens is 288 g/mol. The van der Waals surface area contributed by atoms with Crippen molar-refractivity contribution in [1.82, 2.24) is 20.2 Å². The number of carbonyl (C=O) groups excluding carboxylic acids is 1. The molecule has 0 fully saturated rings. The van der Waals surface area contributed by atoms with Gasteiger partial charge in [0.05, 0.1) is 17.8 Å². The van der Waals surface area contributed by atoms with Gasteiger partial charge in [0.1, 0.15) is 5.56 Å². The number of carboxylic acid groups (broad SMARTS) is 1. The van der Waals surface area contributed by atoms with Crippen molar-refractivity contribution >= 4 is 35.2 Å². The number of halogens is 1. The number of hydrogen-bond acceptors (Lipinski definition) is 5. The molecule has 0 atom stereocenters. The highest BCUT2D eigenvalue weighted by molar-refractivity contribution is 6.34. The quantitative estimate of drug-likeness (QED) is 0.782. The van der Waals surface area contributed by atoms with Crippen molar-refractivity contribution in [3.63, 3.8) is 0 Å². The molecule has 0 aliphatic heterocycles. The van der Waals surface area contributed by atoms with Gasteiger partial charge in [-0.3, -0.25) is 5.32 Å². The molecule has 1 heterocycles.